The van der Waals surface area contributed by atoms with Crippen LogP contribution < -0.4 is 0 Å². The Bertz CT molecular complexity index is 1000. The lowest BCUT2D eigenvalue weighted by Gasteiger charge is -2.36. The minimum absolute atomic E-state index is 0.647. The Labute approximate surface area is 445 Å². The Morgan fingerprint density at radius 1 is 0.338 bits per heavy atom. The van der Waals surface area contributed by atoms with Crippen molar-refractivity contribution < 1.29 is 39.8 Å². The van der Waals surface area contributed by atoms with Crippen LogP contribution in [0.1, 0.15) is 146 Å². The molecule has 1 aliphatic carbocycles. The summed E-state index contributed by atoms with van der Waals surface area (Å²) >= 11 is 2.15. The van der Waals surface area contributed by atoms with Gasteiger partial charge in [-0.25, -0.2) is 0 Å². The molecule has 0 saturated heterocycles. The summed E-state index contributed by atoms with van der Waals surface area (Å²) in [5.74, 6) is 7.57. The molecule has 0 bridgehead atoms. The summed E-state index contributed by atoms with van der Waals surface area (Å²) in [4.78, 5) is 0. The van der Waals surface area contributed by atoms with Gasteiger partial charge in [-0.2, -0.15) is 11.8 Å². The lowest BCUT2D eigenvalue weighted by atomic mass is 9.76. The first-order valence-electron chi connectivity index (χ1n) is 24.7. The van der Waals surface area contributed by atoms with Gasteiger partial charge in [-0.3, -0.25) is 0 Å². The van der Waals surface area contributed by atoms with Crippen molar-refractivity contribution in [2.45, 2.75) is 169 Å². The van der Waals surface area contributed by atoms with E-state index in [1.807, 2.05) is 122 Å². The molecule has 0 spiro atoms. The molecular formula is C42H90O9S11Si3. The third-order valence-corrected chi connectivity index (χ3v) is 39.2. The van der Waals surface area contributed by atoms with Gasteiger partial charge in [0.15, 0.2) is 0 Å². The second-order valence-electron chi connectivity index (χ2n) is 15.1. The van der Waals surface area contributed by atoms with Gasteiger partial charge in [0, 0.05) is 106 Å². The fourth-order valence-corrected chi connectivity index (χ4v) is 35.8. The maximum atomic E-state index is 6.18. The molecule has 0 aromatic carbocycles. The summed E-state index contributed by atoms with van der Waals surface area (Å²) in [5.41, 5.74) is 0. The topological polar surface area (TPSA) is 83.1 Å². The van der Waals surface area contributed by atoms with E-state index in [-0.39, 0.29) is 0 Å². The highest BCUT2D eigenvalue weighted by Crippen LogP contribution is 2.51. The van der Waals surface area contributed by atoms with Gasteiger partial charge >= 0.3 is 26.4 Å². The van der Waals surface area contributed by atoms with E-state index in [4.69, 9.17) is 39.8 Å². The minimum Gasteiger partial charge on any atom is -0.374 e. The standard InChI is InChI=1S/C42H90O9S11Si3/c1-10-43-63(44-11-2,45-12-3)36-25-21-19-23-31-53-57-61-59-55-33-29-40-27-28-42(52-35-38-65(49-16-7,50-17-8)51-18-9)39-41(40)30-34-56-60-62-58-54-32-24-20-22-26-37-64(46-13-4,47-14-5)48-15-6/h40-42H,10-39H2,1-9H3. The molecule has 0 N–H and O–H groups in total. The van der Waals surface area contributed by atoms with Gasteiger partial charge in [0.1, 0.15) is 0 Å². The maximum absolute atomic E-state index is 6.18. The van der Waals surface area contributed by atoms with Crippen LogP contribution in [0.15, 0.2) is 0 Å². The molecule has 0 heterocycles. The second-order valence-corrected chi connectivity index (χ2v) is 40.7. The molecule has 1 aliphatic rings. The van der Waals surface area contributed by atoms with Crippen molar-refractivity contribution in [2.75, 3.05) is 88.2 Å². The van der Waals surface area contributed by atoms with Gasteiger partial charge < -0.3 is 39.8 Å². The van der Waals surface area contributed by atoms with Crippen LogP contribution in [0.3, 0.4) is 0 Å². The molecule has 0 aliphatic heterocycles. The van der Waals surface area contributed by atoms with Crippen molar-refractivity contribution in [3.63, 3.8) is 0 Å². The van der Waals surface area contributed by atoms with E-state index in [0.717, 1.165) is 53.8 Å². The molecule has 1 fully saturated rings. The predicted molar refractivity (Wildman–Crippen MR) is 315 cm³/mol. The van der Waals surface area contributed by atoms with Crippen LogP contribution in [-0.4, -0.2) is 120 Å². The maximum Gasteiger partial charge on any atom is 0.501 e. The predicted octanol–water partition coefficient (Wildman–Crippen LogP) is 17.2. The summed E-state index contributed by atoms with van der Waals surface area (Å²) < 4.78 is 54.6. The quantitative estimate of drug-likeness (QED) is 0.0329. The highest BCUT2D eigenvalue weighted by Gasteiger charge is 2.42. The SMILES string of the molecule is CCO[Si](CCCCCCSSSSSCCC1CCC(SCC[Si](OCC)(OCC)OCC)CC1CCSSSSSCCCCCC[Si](OCC)(OCC)OCC)(OCC)OCC. The van der Waals surface area contributed by atoms with Gasteiger partial charge in [0.25, 0.3) is 0 Å². The molecule has 3 unspecified atom stereocenters. The molecule has 0 aromatic rings. The van der Waals surface area contributed by atoms with Crippen molar-refractivity contribution in [2.24, 2.45) is 11.8 Å². The first kappa shape index (κ1) is 67.2. The Morgan fingerprint density at radius 3 is 1.06 bits per heavy atom. The van der Waals surface area contributed by atoms with E-state index in [2.05, 4.69) is 54.1 Å². The summed E-state index contributed by atoms with van der Waals surface area (Å²) in [6.45, 7) is 24.2. The molecule has 1 saturated carbocycles. The van der Waals surface area contributed by atoms with Crippen LogP contribution in [0.5, 0.6) is 0 Å². The molecule has 9 nitrogen and oxygen atoms in total. The van der Waals surface area contributed by atoms with Crippen LogP contribution in [0.2, 0.25) is 18.1 Å². The zero-order valence-electron chi connectivity index (χ0n) is 41.6. The fraction of sp³-hybridized carbons (Fsp3) is 1.00. The Hall–Kier alpha value is 4.14. The monoisotopic (exact) mass is 1170 g/mol. The molecule has 0 radical (unpaired) electrons. The zero-order chi connectivity index (χ0) is 47.6. The number of hydrogen-bond acceptors (Lipinski definition) is 20. The number of rotatable bonds is 50. The first-order chi connectivity index (χ1) is 31.8. The van der Waals surface area contributed by atoms with Crippen molar-refractivity contribution in [3.05, 3.63) is 0 Å². The second kappa shape index (κ2) is 46.7. The number of hydrogen-bond donors (Lipinski definition) is 0. The average Bonchev–Trinajstić information content (AvgIpc) is 3.28. The zero-order valence-corrected chi connectivity index (χ0v) is 53.6. The molecule has 65 heavy (non-hydrogen) atoms. The van der Waals surface area contributed by atoms with Crippen LogP contribution in [-0.2, 0) is 39.8 Å². The molecule has 0 amide bonds. The average molecular weight is 1180 g/mol. The number of unbranched alkanes of at least 4 members (excludes halogenated alkanes) is 6. The summed E-state index contributed by atoms with van der Waals surface area (Å²) in [5, 5.41) is 0.720. The fourth-order valence-electron chi connectivity index (χ4n) is 7.87. The third kappa shape index (κ3) is 33.6. The Morgan fingerprint density at radius 2 is 0.677 bits per heavy atom. The van der Waals surface area contributed by atoms with Gasteiger partial charge in [-0.15, -0.1) is 0 Å². The summed E-state index contributed by atoms with van der Waals surface area (Å²) in [7, 11) is 12.3. The Balaban J connectivity index is 2.42. The minimum atomic E-state index is -2.60. The summed E-state index contributed by atoms with van der Waals surface area (Å²) in [6, 6.07) is 2.76. The van der Waals surface area contributed by atoms with E-state index >= 15 is 0 Å². The van der Waals surface area contributed by atoms with Crippen molar-refractivity contribution in [1.29, 1.82) is 0 Å². The normalized spacial score (nSPS) is 17.4. The highest BCUT2D eigenvalue weighted by atomic mass is 33.8. The van der Waals surface area contributed by atoms with Gasteiger partial charge in [-0.1, -0.05) is 68.9 Å². The summed E-state index contributed by atoms with van der Waals surface area (Å²) in [6.07, 6.45) is 16.4. The largest absolute Gasteiger partial charge is 0.501 e. The lowest BCUT2D eigenvalue weighted by molar-refractivity contribution is 0.0698. The van der Waals surface area contributed by atoms with Crippen molar-refractivity contribution >= 4 is 140 Å². The van der Waals surface area contributed by atoms with E-state index in [1.54, 1.807) is 0 Å². The Kier molecular flexibility index (Phi) is 48.2. The van der Waals surface area contributed by atoms with Crippen LogP contribution in [0.4, 0.5) is 0 Å². The molecule has 3 atom stereocenters. The van der Waals surface area contributed by atoms with E-state index < -0.39 is 26.4 Å². The van der Waals surface area contributed by atoms with Crippen LogP contribution in [0.25, 0.3) is 0 Å². The van der Waals surface area contributed by atoms with E-state index in [0.29, 0.717) is 59.5 Å². The molecule has 23 heteroatoms. The molecular weight excluding hydrogens is 1090 g/mol. The molecule has 390 valence electrons. The first-order valence-corrected chi connectivity index (χ1v) is 44.5. The number of thioether (sulfide) groups is 1. The molecule has 0 aromatic heterocycles. The third-order valence-electron chi connectivity index (χ3n) is 10.5. The highest BCUT2D eigenvalue weighted by molar-refractivity contribution is 9.36. The van der Waals surface area contributed by atoms with Crippen LogP contribution in [0, 0.1) is 11.8 Å². The van der Waals surface area contributed by atoms with Gasteiger partial charge in [0.05, 0.1) is 0 Å². The van der Waals surface area contributed by atoms with Gasteiger partial charge in [-0.05, 0) is 197 Å². The van der Waals surface area contributed by atoms with Gasteiger partial charge in [0.2, 0.25) is 0 Å². The van der Waals surface area contributed by atoms with Crippen molar-refractivity contribution in [3.8, 4) is 0 Å². The van der Waals surface area contributed by atoms with E-state index in [1.165, 1.54) is 93.6 Å². The molecule has 1 rings (SSSR count). The van der Waals surface area contributed by atoms with E-state index in [9.17, 15) is 0 Å². The van der Waals surface area contributed by atoms with Crippen LogP contribution >= 0.6 is 114 Å². The van der Waals surface area contributed by atoms with Crippen molar-refractivity contribution in [1.82, 2.24) is 0 Å². The lowest BCUT2D eigenvalue weighted by Crippen LogP contribution is -2.46. The smallest absolute Gasteiger partial charge is 0.374 e.